The van der Waals surface area contributed by atoms with Crippen LogP contribution in [0, 0.1) is 6.92 Å². The van der Waals surface area contributed by atoms with Crippen molar-refractivity contribution in [2.75, 3.05) is 18.5 Å². The number of sulfonamides is 1. The van der Waals surface area contributed by atoms with Gasteiger partial charge in [-0.1, -0.05) is 35.3 Å². The summed E-state index contributed by atoms with van der Waals surface area (Å²) in [7, 11) is -2.36. The summed E-state index contributed by atoms with van der Waals surface area (Å²) in [5, 5.41) is 3.64. The average molecular weight is 524 g/mol. The van der Waals surface area contributed by atoms with Crippen molar-refractivity contribution in [2.45, 2.75) is 31.2 Å². The number of hydrogen-bond donors (Lipinski definition) is 1. The summed E-state index contributed by atoms with van der Waals surface area (Å²) in [5.74, 6) is -0.497. The van der Waals surface area contributed by atoms with Crippen LogP contribution >= 0.6 is 23.2 Å². The highest BCUT2D eigenvalue weighted by molar-refractivity contribution is 7.89. The van der Waals surface area contributed by atoms with Crippen LogP contribution < -0.4 is 15.2 Å². The minimum atomic E-state index is -3.85. The van der Waals surface area contributed by atoms with E-state index in [0.717, 1.165) is 10.4 Å². The number of anilines is 1. The predicted octanol–water partition coefficient (Wildman–Crippen LogP) is 3.00. The van der Waals surface area contributed by atoms with E-state index in [0.29, 0.717) is 17.7 Å². The topological polar surface area (TPSA) is 114 Å². The van der Waals surface area contributed by atoms with Gasteiger partial charge in [0.15, 0.2) is 0 Å². The number of benzene rings is 1. The van der Waals surface area contributed by atoms with Crippen molar-refractivity contribution >= 4 is 44.8 Å². The molecule has 180 valence electrons. The molecule has 2 aromatic heterocycles. The molecule has 0 saturated heterocycles. The van der Waals surface area contributed by atoms with Crippen molar-refractivity contribution in [3.8, 4) is 0 Å². The average Bonchev–Trinajstić information content (AvgIpc) is 2.82. The third-order valence-corrected chi connectivity index (χ3v) is 7.56. The molecule has 0 aliphatic heterocycles. The van der Waals surface area contributed by atoms with E-state index in [1.807, 2.05) is 12.1 Å². The van der Waals surface area contributed by atoms with E-state index < -0.39 is 27.5 Å². The molecule has 0 spiro atoms. The van der Waals surface area contributed by atoms with Gasteiger partial charge < -0.3 is 4.90 Å². The van der Waals surface area contributed by atoms with E-state index in [2.05, 4.69) is 14.8 Å². The highest BCUT2D eigenvalue weighted by Gasteiger charge is 2.25. The van der Waals surface area contributed by atoms with Gasteiger partial charge in [-0.2, -0.15) is 5.10 Å². The normalized spacial score (nSPS) is 12.4. The van der Waals surface area contributed by atoms with Crippen molar-refractivity contribution < 1.29 is 13.2 Å². The Labute approximate surface area is 207 Å². The quantitative estimate of drug-likeness (QED) is 0.485. The summed E-state index contributed by atoms with van der Waals surface area (Å²) in [6.45, 7) is 3.32. The highest BCUT2D eigenvalue weighted by atomic mass is 35.5. The molecule has 0 unspecified atom stereocenters. The Bertz CT molecular complexity index is 1360. The number of aryl methyl sites for hydroxylation is 1. The van der Waals surface area contributed by atoms with Crippen molar-refractivity contribution in [3.63, 3.8) is 0 Å². The summed E-state index contributed by atoms with van der Waals surface area (Å²) in [5.41, 5.74) is 0.917. The molecule has 0 bridgehead atoms. The number of pyridine rings is 1. The lowest BCUT2D eigenvalue weighted by Crippen LogP contribution is -2.38. The number of carbonyl (C=O) groups is 1. The molecule has 1 amide bonds. The monoisotopic (exact) mass is 523 g/mol. The predicted molar refractivity (Wildman–Crippen MR) is 131 cm³/mol. The summed E-state index contributed by atoms with van der Waals surface area (Å²) in [6, 6.07) is 9.07. The molecule has 9 nitrogen and oxygen atoms in total. The van der Waals surface area contributed by atoms with E-state index in [4.69, 9.17) is 23.2 Å². The largest absolute Gasteiger partial charge is 0.314 e. The number of hydrogen-bond acceptors (Lipinski definition) is 6. The Morgan fingerprint density at radius 1 is 1.24 bits per heavy atom. The molecule has 3 aromatic rings. The Balaban J connectivity index is 1.81. The Morgan fingerprint density at radius 3 is 2.65 bits per heavy atom. The van der Waals surface area contributed by atoms with Crippen molar-refractivity contribution in [1.82, 2.24) is 19.5 Å². The first-order valence-corrected chi connectivity index (χ1v) is 12.5. The molecule has 0 aliphatic carbocycles. The van der Waals surface area contributed by atoms with Gasteiger partial charge in [0.05, 0.1) is 16.1 Å². The number of nitrogens with one attached hydrogen (secondary N) is 1. The zero-order valence-electron chi connectivity index (χ0n) is 18.7. The summed E-state index contributed by atoms with van der Waals surface area (Å²) >= 11 is 11.7. The fourth-order valence-corrected chi connectivity index (χ4v) is 4.79. The molecule has 0 aliphatic rings. The van der Waals surface area contributed by atoms with E-state index in [1.165, 1.54) is 31.1 Å². The number of amides is 1. The molecule has 1 N–H and O–H groups in total. The van der Waals surface area contributed by atoms with Crippen LogP contribution in [-0.2, 0) is 21.2 Å². The van der Waals surface area contributed by atoms with Crippen LogP contribution in [-0.4, -0.2) is 42.7 Å². The first-order chi connectivity index (χ1) is 16.0. The lowest BCUT2D eigenvalue weighted by molar-refractivity contribution is -0.121. The molecule has 12 heteroatoms. The van der Waals surface area contributed by atoms with Crippen molar-refractivity contribution in [1.29, 1.82) is 0 Å². The number of aromatic nitrogens is 3. The van der Waals surface area contributed by atoms with Gasteiger partial charge in [0.2, 0.25) is 10.0 Å². The first-order valence-electron chi connectivity index (χ1n) is 10.2. The maximum absolute atomic E-state index is 13.0. The molecule has 1 atom stereocenters. The molecular formula is C22H23Cl2N5O4S. The van der Waals surface area contributed by atoms with Crippen molar-refractivity contribution in [3.05, 3.63) is 80.4 Å². The third-order valence-electron chi connectivity index (χ3n) is 5.20. The van der Waals surface area contributed by atoms with Crippen LogP contribution in [0.25, 0.3) is 0 Å². The van der Waals surface area contributed by atoms with E-state index in [1.54, 1.807) is 31.3 Å². The fourth-order valence-electron chi connectivity index (χ4n) is 3.24. The SMILES string of the molecule is Cc1ccc(N(C)C(=O)[C@H](C)n2ncc(Cl)c(Cl)c2=O)cc1S(=O)(=O)NCCc1ccccn1. The van der Waals surface area contributed by atoms with Crippen LogP contribution in [0.4, 0.5) is 5.69 Å². The highest BCUT2D eigenvalue weighted by Crippen LogP contribution is 2.24. The van der Waals surface area contributed by atoms with Crippen LogP contribution in [0.1, 0.15) is 24.2 Å². The fraction of sp³-hybridized carbons (Fsp3) is 0.273. The maximum Gasteiger partial charge on any atom is 0.287 e. The molecule has 0 radical (unpaired) electrons. The minimum absolute atomic E-state index is 0.0140. The van der Waals surface area contributed by atoms with Crippen molar-refractivity contribution in [2.24, 2.45) is 0 Å². The summed E-state index contributed by atoms with van der Waals surface area (Å²) in [4.78, 5) is 30.9. The zero-order valence-corrected chi connectivity index (χ0v) is 21.0. The van der Waals surface area contributed by atoms with E-state index in [9.17, 15) is 18.0 Å². The molecule has 0 fully saturated rings. The Kier molecular flexibility index (Phi) is 8.09. The number of halogens is 2. The van der Waals surface area contributed by atoms with Gasteiger partial charge >= 0.3 is 0 Å². The van der Waals surface area contributed by atoms with Gasteiger partial charge in [0.25, 0.3) is 11.5 Å². The van der Waals surface area contributed by atoms with Gasteiger partial charge in [-0.25, -0.2) is 17.8 Å². The lowest BCUT2D eigenvalue weighted by atomic mass is 10.2. The molecular weight excluding hydrogens is 501 g/mol. The summed E-state index contributed by atoms with van der Waals surface area (Å²) < 4.78 is 29.4. The summed E-state index contributed by atoms with van der Waals surface area (Å²) in [6.07, 6.45) is 3.26. The lowest BCUT2D eigenvalue weighted by Gasteiger charge is -2.23. The second-order valence-electron chi connectivity index (χ2n) is 7.55. The first kappa shape index (κ1) is 25.8. The number of carbonyl (C=O) groups excluding carboxylic acids is 1. The van der Waals surface area contributed by atoms with Crippen LogP contribution in [0.2, 0.25) is 10.0 Å². The number of rotatable bonds is 8. The van der Waals surface area contributed by atoms with Gasteiger partial charge in [-0.05, 0) is 43.7 Å². The standard InChI is InChI=1S/C22H23Cl2N5O4S/c1-14-7-8-17(12-19(14)34(32,33)27-11-9-16-6-4-5-10-25-16)28(3)21(30)15(2)29-22(31)20(24)18(23)13-26-29/h4-8,10,12-13,15,27H,9,11H2,1-3H3/t15-/m0/s1. The number of likely N-dealkylation sites (N-methyl/N-ethyl adjacent to an activating group) is 1. The van der Waals surface area contributed by atoms with Crippen LogP contribution in [0.3, 0.4) is 0 Å². The second kappa shape index (κ2) is 10.6. The maximum atomic E-state index is 13.0. The zero-order chi connectivity index (χ0) is 25.0. The smallest absolute Gasteiger partial charge is 0.287 e. The molecule has 3 rings (SSSR count). The molecule has 2 heterocycles. The van der Waals surface area contributed by atoms with Crippen LogP contribution in [0.5, 0.6) is 0 Å². The number of nitrogens with zero attached hydrogens (tertiary/aromatic N) is 4. The van der Waals surface area contributed by atoms with E-state index >= 15 is 0 Å². The molecule has 0 saturated carbocycles. The van der Waals surface area contributed by atoms with Gasteiger partial charge in [0, 0.05) is 37.6 Å². The van der Waals surface area contributed by atoms with Gasteiger partial charge in [-0.15, -0.1) is 0 Å². The van der Waals surface area contributed by atoms with Crippen LogP contribution in [0.15, 0.2) is 58.5 Å². The van der Waals surface area contributed by atoms with Gasteiger partial charge in [0.1, 0.15) is 11.1 Å². The Morgan fingerprint density at radius 2 is 1.97 bits per heavy atom. The molecule has 1 aromatic carbocycles. The molecule has 34 heavy (non-hydrogen) atoms. The Hall–Kier alpha value is -2.79. The van der Waals surface area contributed by atoms with Gasteiger partial charge in [-0.3, -0.25) is 14.6 Å². The third kappa shape index (κ3) is 5.64. The van der Waals surface area contributed by atoms with E-state index in [-0.39, 0.29) is 21.5 Å². The second-order valence-corrected chi connectivity index (χ2v) is 10.1. The minimum Gasteiger partial charge on any atom is -0.314 e.